The maximum Gasteiger partial charge on any atom is 0.153 e. The van der Waals surface area contributed by atoms with Crippen molar-refractivity contribution in [1.82, 2.24) is 20.3 Å². The normalized spacial score (nSPS) is 12.9. The van der Waals surface area contributed by atoms with E-state index in [-0.39, 0.29) is 6.04 Å². The van der Waals surface area contributed by atoms with E-state index in [1.54, 1.807) is 4.68 Å². The monoisotopic (exact) mass is 304 g/mol. The van der Waals surface area contributed by atoms with Gasteiger partial charge >= 0.3 is 0 Å². The molecule has 0 aliphatic heterocycles. The molecule has 0 aliphatic rings. The van der Waals surface area contributed by atoms with Crippen LogP contribution in [0.25, 0.3) is 0 Å². The summed E-state index contributed by atoms with van der Waals surface area (Å²) < 4.78 is 8.14. The minimum Gasteiger partial charge on any atom is -0.381 e. The molecule has 0 bridgehead atoms. The molecule has 1 aromatic rings. The van der Waals surface area contributed by atoms with Crippen molar-refractivity contribution in [3.63, 3.8) is 0 Å². The summed E-state index contributed by atoms with van der Waals surface area (Å²) >= 11 is 3.44. The fourth-order valence-corrected chi connectivity index (χ4v) is 2.34. The van der Waals surface area contributed by atoms with Gasteiger partial charge in [0.25, 0.3) is 0 Å². The topological polar surface area (TPSA) is 52.0 Å². The van der Waals surface area contributed by atoms with E-state index in [0.717, 1.165) is 42.9 Å². The molecule has 1 atom stereocenters. The third-order valence-electron chi connectivity index (χ3n) is 2.51. The minimum absolute atomic E-state index is 0.228. The highest BCUT2D eigenvalue weighted by Crippen LogP contribution is 2.22. The molecule has 5 nitrogen and oxygen atoms in total. The molecule has 1 unspecified atom stereocenters. The number of rotatable bonds is 8. The van der Waals surface area contributed by atoms with E-state index in [0.29, 0.717) is 0 Å². The molecule has 1 N–H and O–H groups in total. The van der Waals surface area contributed by atoms with Gasteiger partial charge in [0, 0.05) is 20.3 Å². The second kappa shape index (κ2) is 7.79. The molecular weight excluding hydrogens is 284 g/mol. The predicted molar refractivity (Wildman–Crippen MR) is 70.8 cm³/mol. The van der Waals surface area contributed by atoms with Crippen LogP contribution in [-0.2, 0) is 11.8 Å². The summed E-state index contributed by atoms with van der Waals surface area (Å²) in [6, 6.07) is 0.228. The molecule has 0 radical (unpaired) electrons. The average Bonchev–Trinajstić information content (AvgIpc) is 2.63. The van der Waals surface area contributed by atoms with Gasteiger partial charge in [0.2, 0.25) is 0 Å². The van der Waals surface area contributed by atoms with Gasteiger partial charge < -0.3 is 10.1 Å². The highest BCUT2D eigenvalue weighted by atomic mass is 79.9. The molecule has 0 fully saturated rings. The maximum atomic E-state index is 5.53. The van der Waals surface area contributed by atoms with E-state index in [1.165, 1.54) is 0 Å². The van der Waals surface area contributed by atoms with Crippen LogP contribution >= 0.6 is 15.9 Å². The van der Waals surface area contributed by atoms with Crippen molar-refractivity contribution in [3.05, 3.63) is 10.3 Å². The Labute approximate surface area is 111 Å². The summed E-state index contributed by atoms with van der Waals surface area (Å²) in [4.78, 5) is 0. The summed E-state index contributed by atoms with van der Waals surface area (Å²) in [7, 11) is 1.91. The predicted octanol–water partition coefficient (Wildman–Crippen LogP) is 2.04. The largest absolute Gasteiger partial charge is 0.381 e. The minimum atomic E-state index is 0.228. The van der Waals surface area contributed by atoms with E-state index in [9.17, 15) is 0 Å². The molecule has 6 heteroatoms. The Kier molecular flexibility index (Phi) is 6.69. The number of nitrogens with zero attached hydrogens (tertiary/aromatic N) is 3. The second-order valence-electron chi connectivity index (χ2n) is 3.90. The van der Waals surface area contributed by atoms with Crippen molar-refractivity contribution in [3.8, 4) is 0 Å². The summed E-state index contributed by atoms with van der Waals surface area (Å²) in [5, 5.41) is 11.4. The van der Waals surface area contributed by atoms with Crippen LogP contribution in [0.15, 0.2) is 4.60 Å². The number of hydrogen-bond donors (Lipinski definition) is 1. The molecule has 0 spiro atoms. The van der Waals surface area contributed by atoms with Crippen molar-refractivity contribution in [2.75, 3.05) is 19.8 Å². The van der Waals surface area contributed by atoms with Gasteiger partial charge in [0.1, 0.15) is 0 Å². The van der Waals surface area contributed by atoms with Gasteiger partial charge in [-0.25, -0.2) is 4.68 Å². The first-order valence-corrected chi connectivity index (χ1v) is 6.86. The zero-order valence-corrected chi connectivity index (χ0v) is 12.3. The van der Waals surface area contributed by atoms with Crippen LogP contribution in [0.2, 0.25) is 0 Å². The molecule has 1 heterocycles. The van der Waals surface area contributed by atoms with Crippen molar-refractivity contribution >= 4 is 15.9 Å². The summed E-state index contributed by atoms with van der Waals surface area (Å²) in [6.45, 7) is 6.70. The van der Waals surface area contributed by atoms with Gasteiger partial charge in [0.05, 0.1) is 11.7 Å². The average molecular weight is 305 g/mol. The zero-order valence-electron chi connectivity index (χ0n) is 10.7. The number of aromatic nitrogens is 3. The lowest BCUT2D eigenvalue weighted by molar-refractivity contribution is 0.124. The van der Waals surface area contributed by atoms with Gasteiger partial charge in [0.15, 0.2) is 4.60 Å². The third-order valence-corrected chi connectivity index (χ3v) is 3.07. The standard InChI is InChI=1S/C11H21BrN4O/c1-4-7-17-8-6-9(13-5-2)10-11(12)14-15-16(10)3/h9,13H,4-8H2,1-3H3. The van der Waals surface area contributed by atoms with E-state index in [2.05, 4.69) is 45.4 Å². The smallest absolute Gasteiger partial charge is 0.153 e. The fourth-order valence-electron chi connectivity index (χ4n) is 1.74. The second-order valence-corrected chi connectivity index (χ2v) is 4.65. The summed E-state index contributed by atoms with van der Waals surface area (Å²) in [6.07, 6.45) is 1.98. The fraction of sp³-hybridized carbons (Fsp3) is 0.818. The molecule has 17 heavy (non-hydrogen) atoms. The van der Waals surface area contributed by atoms with Crippen molar-refractivity contribution in [1.29, 1.82) is 0 Å². The molecule has 0 aliphatic carbocycles. The number of halogens is 1. The number of aryl methyl sites for hydroxylation is 1. The Morgan fingerprint density at radius 1 is 1.41 bits per heavy atom. The van der Waals surface area contributed by atoms with E-state index in [4.69, 9.17) is 4.74 Å². The zero-order chi connectivity index (χ0) is 12.7. The van der Waals surface area contributed by atoms with Gasteiger partial charge in [-0.05, 0) is 35.3 Å². The Hall–Kier alpha value is -0.460. The molecule has 0 saturated carbocycles. The lowest BCUT2D eigenvalue weighted by Crippen LogP contribution is -2.25. The van der Waals surface area contributed by atoms with Crippen molar-refractivity contribution in [2.24, 2.45) is 7.05 Å². The van der Waals surface area contributed by atoms with Crippen LogP contribution in [-0.4, -0.2) is 34.8 Å². The summed E-state index contributed by atoms with van der Waals surface area (Å²) in [5.41, 5.74) is 1.08. The van der Waals surface area contributed by atoms with Gasteiger partial charge in [-0.2, -0.15) is 0 Å². The lowest BCUT2D eigenvalue weighted by Gasteiger charge is -2.18. The first-order valence-electron chi connectivity index (χ1n) is 6.06. The molecule has 0 saturated heterocycles. The molecular formula is C11H21BrN4O. The first kappa shape index (κ1) is 14.6. The van der Waals surface area contributed by atoms with Crippen LogP contribution in [0.1, 0.15) is 38.4 Å². The lowest BCUT2D eigenvalue weighted by atomic mass is 10.1. The highest BCUT2D eigenvalue weighted by molar-refractivity contribution is 9.10. The van der Waals surface area contributed by atoms with E-state index < -0.39 is 0 Å². The van der Waals surface area contributed by atoms with Crippen LogP contribution < -0.4 is 5.32 Å². The number of nitrogens with one attached hydrogen (secondary N) is 1. The van der Waals surface area contributed by atoms with Crippen LogP contribution in [0.3, 0.4) is 0 Å². The molecule has 0 aromatic carbocycles. The van der Waals surface area contributed by atoms with E-state index >= 15 is 0 Å². The van der Waals surface area contributed by atoms with Gasteiger partial charge in [-0.15, -0.1) is 5.10 Å². The first-order chi connectivity index (χ1) is 8.20. The number of ether oxygens (including phenoxy) is 1. The highest BCUT2D eigenvalue weighted by Gasteiger charge is 2.18. The molecule has 98 valence electrons. The van der Waals surface area contributed by atoms with Crippen LogP contribution in [0.4, 0.5) is 0 Å². The SMILES string of the molecule is CCCOCCC(NCC)c1c(Br)nnn1C. The van der Waals surface area contributed by atoms with Gasteiger partial charge in [-0.1, -0.05) is 19.1 Å². The molecule has 1 rings (SSSR count). The Balaban J connectivity index is 2.59. The molecule has 1 aromatic heterocycles. The molecule has 0 amide bonds. The summed E-state index contributed by atoms with van der Waals surface area (Å²) in [5.74, 6) is 0. The van der Waals surface area contributed by atoms with Gasteiger partial charge in [-0.3, -0.25) is 0 Å². The maximum absolute atomic E-state index is 5.53. The Morgan fingerprint density at radius 3 is 2.71 bits per heavy atom. The van der Waals surface area contributed by atoms with Crippen molar-refractivity contribution < 1.29 is 4.74 Å². The van der Waals surface area contributed by atoms with Crippen molar-refractivity contribution in [2.45, 2.75) is 32.7 Å². The Bertz CT molecular complexity index is 310. The van der Waals surface area contributed by atoms with Crippen LogP contribution in [0.5, 0.6) is 0 Å². The number of hydrogen-bond acceptors (Lipinski definition) is 4. The Morgan fingerprint density at radius 2 is 2.18 bits per heavy atom. The van der Waals surface area contributed by atoms with Crippen LogP contribution in [0, 0.1) is 0 Å². The third kappa shape index (κ3) is 4.37. The van der Waals surface area contributed by atoms with E-state index in [1.807, 2.05) is 7.05 Å². The quantitative estimate of drug-likeness (QED) is 0.747.